The lowest BCUT2D eigenvalue weighted by molar-refractivity contribution is -0.143. The first-order valence-corrected chi connectivity index (χ1v) is 13.9. The number of hydrogen-bond acceptors (Lipinski definition) is 4. The van der Waals surface area contributed by atoms with Crippen LogP contribution in [-0.2, 0) is 14.3 Å². The van der Waals surface area contributed by atoms with E-state index >= 15 is 0 Å². The Morgan fingerprint density at radius 1 is 1.00 bits per heavy atom. The molecule has 0 aliphatic carbocycles. The molecule has 3 amide bonds. The highest BCUT2D eigenvalue weighted by atomic mass is 16.6. The Kier molecular flexibility index (Phi) is 13.2. The maximum Gasteiger partial charge on any atom is 0.408 e. The number of alkyl carbamates (subject to hydrolysis) is 1. The van der Waals surface area contributed by atoms with E-state index in [4.69, 9.17) is 4.74 Å². The molecule has 7 nitrogen and oxygen atoms in total. The molecular formula is C30H51N3O4. The van der Waals surface area contributed by atoms with Crippen molar-refractivity contribution < 1.29 is 19.1 Å². The van der Waals surface area contributed by atoms with E-state index in [1.54, 1.807) is 25.7 Å². The van der Waals surface area contributed by atoms with Gasteiger partial charge in [-0.3, -0.25) is 9.59 Å². The summed E-state index contributed by atoms with van der Waals surface area (Å²) in [5.74, 6) is -0.609. The average Bonchev–Trinajstić information content (AvgIpc) is 2.80. The van der Waals surface area contributed by atoms with Gasteiger partial charge in [0.2, 0.25) is 11.8 Å². The van der Waals surface area contributed by atoms with Crippen molar-refractivity contribution in [1.29, 1.82) is 0 Å². The minimum Gasteiger partial charge on any atom is -0.444 e. The molecule has 0 fully saturated rings. The highest BCUT2D eigenvalue weighted by Crippen LogP contribution is 2.29. The van der Waals surface area contributed by atoms with E-state index in [-0.39, 0.29) is 23.8 Å². The van der Waals surface area contributed by atoms with E-state index in [2.05, 4.69) is 24.5 Å². The number of ether oxygens (including phenoxy) is 1. The van der Waals surface area contributed by atoms with Crippen LogP contribution in [0.1, 0.15) is 110 Å². The summed E-state index contributed by atoms with van der Waals surface area (Å²) in [7, 11) is 0. The van der Waals surface area contributed by atoms with Crippen LogP contribution in [0.3, 0.4) is 0 Å². The van der Waals surface area contributed by atoms with Gasteiger partial charge in [-0.25, -0.2) is 4.79 Å². The number of nitrogens with one attached hydrogen (secondary N) is 2. The molecule has 0 radical (unpaired) electrons. The molecule has 7 heteroatoms. The van der Waals surface area contributed by atoms with Gasteiger partial charge in [0, 0.05) is 12.6 Å². The van der Waals surface area contributed by atoms with Gasteiger partial charge in [0.15, 0.2) is 0 Å². The molecule has 37 heavy (non-hydrogen) atoms. The molecule has 0 saturated heterocycles. The molecule has 0 bridgehead atoms. The minimum atomic E-state index is -0.815. The molecule has 4 atom stereocenters. The zero-order valence-corrected chi connectivity index (χ0v) is 24.9. The number of carbonyl (C=O) groups excluding carboxylic acids is 3. The molecule has 0 heterocycles. The molecule has 4 unspecified atom stereocenters. The zero-order chi connectivity index (χ0) is 28.3. The van der Waals surface area contributed by atoms with E-state index in [1.807, 2.05) is 52.8 Å². The van der Waals surface area contributed by atoms with Gasteiger partial charge in [-0.15, -0.1) is 0 Å². The molecule has 210 valence electrons. The molecule has 0 aliphatic rings. The van der Waals surface area contributed by atoms with E-state index in [0.717, 1.165) is 42.4 Å². The summed E-state index contributed by atoms with van der Waals surface area (Å²) in [6.07, 6.45) is 3.45. The monoisotopic (exact) mass is 517 g/mol. The molecular weight excluding hydrogens is 466 g/mol. The quantitative estimate of drug-likeness (QED) is 0.325. The fourth-order valence-corrected chi connectivity index (χ4v) is 4.34. The van der Waals surface area contributed by atoms with Gasteiger partial charge in [-0.1, -0.05) is 65.2 Å². The van der Waals surface area contributed by atoms with Crippen LogP contribution in [0.25, 0.3) is 0 Å². The lowest BCUT2D eigenvalue weighted by Gasteiger charge is -2.37. The fourth-order valence-electron chi connectivity index (χ4n) is 4.34. The van der Waals surface area contributed by atoms with E-state index in [0.29, 0.717) is 13.0 Å². The van der Waals surface area contributed by atoms with Crippen LogP contribution in [0.4, 0.5) is 4.79 Å². The number of aryl methyl sites for hydroxylation is 1. The van der Waals surface area contributed by atoms with Crippen LogP contribution in [0.15, 0.2) is 18.2 Å². The summed E-state index contributed by atoms with van der Waals surface area (Å²) in [5.41, 5.74) is 2.17. The Morgan fingerprint density at radius 3 is 2.19 bits per heavy atom. The Labute approximate surface area is 225 Å². The number of rotatable bonds is 13. The van der Waals surface area contributed by atoms with Gasteiger partial charge in [0.1, 0.15) is 17.7 Å². The molecule has 1 aromatic rings. The van der Waals surface area contributed by atoms with Crippen molar-refractivity contribution >= 4 is 17.9 Å². The lowest BCUT2D eigenvalue weighted by atomic mass is 9.92. The Bertz CT molecular complexity index is 893. The normalized spacial score (nSPS) is 14.8. The standard InChI is InChI=1S/C30H51N3O4/c1-11-14-19-33(28(35)25(20(4)13-3)32-29(36)37-30(8,9)10)26(27(34)31-22(6)16-12-2)24-18-15-17-21(5)23(24)7/h15,17-18,20,22,25-26H,11-14,16,19H2,1-10H3,(H,31,34)(H,32,36). The first-order valence-electron chi connectivity index (χ1n) is 13.9. The second-order valence-corrected chi connectivity index (χ2v) is 11.3. The largest absolute Gasteiger partial charge is 0.444 e. The molecule has 2 N–H and O–H groups in total. The summed E-state index contributed by atoms with van der Waals surface area (Å²) >= 11 is 0. The smallest absolute Gasteiger partial charge is 0.408 e. The molecule has 1 aromatic carbocycles. The summed E-state index contributed by atoms with van der Waals surface area (Å²) in [6, 6.07) is 4.25. The summed E-state index contributed by atoms with van der Waals surface area (Å²) in [6.45, 7) is 19.8. The van der Waals surface area contributed by atoms with Crippen molar-refractivity contribution in [2.24, 2.45) is 5.92 Å². The van der Waals surface area contributed by atoms with Gasteiger partial charge < -0.3 is 20.3 Å². The number of unbranched alkanes of at least 4 members (excludes halogenated alkanes) is 1. The predicted octanol–water partition coefficient (Wildman–Crippen LogP) is 6.22. The van der Waals surface area contributed by atoms with Gasteiger partial charge >= 0.3 is 6.09 Å². The lowest BCUT2D eigenvalue weighted by Crippen LogP contribution is -2.56. The third-order valence-electron chi connectivity index (χ3n) is 6.80. The van der Waals surface area contributed by atoms with Crippen molar-refractivity contribution in [2.45, 2.75) is 125 Å². The SMILES string of the molecule is CCCCN(C(=O)C(NC(=O)OC(C)(C)C)C(C)CC)C(C(=O)NC(C)CCC)c1cccc(C)c1C. The van der Waals surface area contributed by atoms with E-state index in [1.165, 1.54) is 0 Å². The highest BCUT2D eigenvalue weighted by Gasteiger charge is 2.38. The number of carbonyl (C=O) groups is 3. The molecule has 0 spiro atoms. The van der Waals surface area contributed by atoms with Crippen molar-refractivity contribution in [3.05, 3.63) is 34.9 Å². The minimum absolute atomic E-state index is 0.0153. The van der Waals surface area contributed by atoms with Crippen LogP contribution < -0.4 is 10.6 Å². The Morgan fingerprint density at radius 2 is 1.65 bits per heavy atom. The average molecular weight is 518 g/mol. The number of hydrogen-bond donors (Lipinski definition) is 2. The van der Waals surface area contributed by atoms with Crippen LogP contribution in [0.2, 0.25) is 0 Å². The highest BCUT2D eigenvalue weighted by molar-refractivity contribution is 5.92. The fraction of sp³-hybridized carbons (Fsp3) is 0.700. The summed E-state index contributed by atoms with van der Waals surface area (Å²) in [5, 5.41) is 5.98. The van der Waals surface area contributed by atoms with Crippen LogP contribution in [-0.4, -0.2) is 47.0 Å². The van der Waals surface area contributed by atoms with Crippen molar-refractivity contribution in [3.63, 3.8) is 0 Å². The second-order valence-electron chi connectivity index (χ2n) is 11.3. The third kappa shape index (κ3) is 10.0. The second kappa shape index (κ2) is 15.0. The van der Waals surface area contributed by atoms with E-state index in [9.17, 15) is 14.4 Å². The van der Waals surface area contributed by atoms with Crippen LogP contribution >= 0.6 is 0 Å². The van der Waals surface area contributed by atoms with Gasteiger partial charge in [0.25, 0.3) is 0 Å². The molecule has 0 aromatic heterocycles. The molecule has 1 rings (SSSR count). The van der Waals surface area contributed by atoms with Crippen molar-refractivity contribution in [1.82, 2.24) is 15.5 Å². The summed E-state index contributed by atoms with van der Waals surface area (Å²) in [4.78, 5) is 42.5. The maximum atomic E-state index is 14.3. The summed E-state index contributed by atoms with van der Waals surface area (Å²) < 4.78 is 5.48. The number of amides is 3. The number of benzene rings is 1. The topological polar surface area (TPSA) is 87.7 Å². The van der Waals surface area contributed by atoms with Crippen molar-refractivity contribution in [3.8, 4) is 0 Å². The first-order chi connectivity index (χ1) is 17.3. The Hall–Kier alpha value is -2.57. The Balaban J connectivity index is 3.59. The first kappa shape index (κ1) is 32.5. The predicted molar refractivity (Wildman–Crippen MR) is 150 cm³/mol. The third-order valence-corrected chi connectivity index (χ3v) is 6.80. The van der Waals surface area contributed by atoms with Gasteiger partial charge in [0.05, 0.1) is 0 Å². The maximum absolute atomic E-state index is 14.3. The number of nitrogens with zero attached hydrogens (tertiary/aromatic N) is 1. The van der Waals surface area contributed by atoms with Crippen LogP contribution in [0.5, 0.6) is 0 Å². The molecule has 0 saturated carbocycles. The van der Waals surface area contributed by atoms with Crippen LogP contribution in [0, 0.1) is 19.8 Å². The van der Waals surface area contributed by atoms with Gasteiger partial charge in [-0.05, 0) is 77.0 Å². The van der Waals surface area contributed by atoms with Gasteiger partial charge in [-0.2, -0.15) is 0 Å². The zero-order valence-electron chi connectivity index (χ0n) is 24.9. The van der Waals surface area contributed by atoms with E-state index < -0.39 is 23.8 Å². The van der Waals surface area contributed by atoms with Crippen molar-refractivity contribution in [2.75, 3.05) is 6.54 Å². The molecule has 0 aliphatic heterocycles.